The molecule has 1 saturated carbocycles. The lowest BCUT2D eigenvalue weighted by Gasteiger charge is -2.36. The maximum atomic E-state index is 13.4. The van der Waals surface area contributed by atoms with Gasteiger partial charge < -0.3 is 14.6 Å². The Balaban J connectivity index is 1.54. The van der Waals surface area contributed by atoms with Crippen molar-refractivity contribution in [2.45, 2.75) is 25.4 Å². The van der Waals surface area contributed by atoms with E-state index in [1.165, 1.54) is 11.0 Å². The van der Waals surface area contributed by atoms with Gasteiger partial charge in [-0.3, -0.25) is 10.1 Å². The first-order valence-corrected chi connectivity index (χ1v) is 9.90. The first kappa shape index (κ1) is 19.7. The Labute approximate surface area is 181 Å². The molecule has 3 aromatic rings. The average Bonchev–Trinajstić information content (AvgIpc) is 3.55. The third kappa shape index (κ3) is 3.75. The van der Waals surface area contributed by atoms with E-state index >= 15 is 0 Å². The molecule has 1 aliphatic heterocycles. The van der Waals surface area contributed by atoms with Crippen LogP contribution >= 0.6 is 0 Å². The van der Waals surface area contributed by atoms with E-state index < -0.39 is 5.95 Å². The van der Waals surface area contributed by atoms with Gasteiger partial charge in [0.1, 0.15) is 6.26 Å². The van der Waals surface area contributed by atoms with Crippen LogP contribution in [0.5, 0.6) is 0 Å². The van der Waals surface area contributed by atoms with Crippen molar-refractivity contribution in [3.63, 3.8) is 0 Å². The fraction of sp³-hybridized carbons (Fsp3) is 0.190. The van der Waals surface area contributed by atoms with Crippen LogP contribution in [0, 0.1) is 5.95 Å². The number of benzene rings is 1. The van der Waals surface area contributed by atoms with Crippen LogP contribution in [0.3, 0.4) is 0 Å². The molecule has 3 heterocycles. The molecule has 2 aromatic heterocycles. The van der Waals surface area contributed by atoms with Gasteiger partial charge in [0.2, 0.25) is 11.9 Å². The molecular formula is C21H18FN7O3. The molecule has 0 saturated heterocycles. The zero-order valence-corrected chi connectivity index (χ0v) is 16.8. The molecule has 2 N–H and O–H groups in total. The molecular weight excluding hydrogens is 417 g/mol. The van der Waals surface area contributed by atoms with Crippen LogP contribution < -0.4 is 15.5 Å². The van der Waals surface area contributed by atoms with Gasteiger partial charge in [0.25, 0.3) is 5.95 Å². The van der Waals surface area contributed by atoms with Crippen LogP contribution in [0.2, 0.25) is 0 Å². The van der Waals surface area contributed by atoms with E-state index in [1.807, 2.05) is 0 Å². The van der Waals surface area contributed by atoms with Gasteiger partial charge in [-0.15, -0.1) is 0 Å². The van der Waals surface area contributed by atoms with Crippen LogP contribution in [-0.2, 0) is 11.3 Å². The van der Waals surface area contributed by atoms with Gasteiger partial charge in [-0.2, -0.15) is 14.4 Å². The summed E-state index contributed by atoms with van der Waals surface area (Å²) in [6.45, 7) is 3.83. The minimum atomic E-state index is -0.777. The van der Waals surface area contributed by atoms with Gasteiger partial charge in [0.05, 0.1) is 12.2 Å². The minimum Gasteiger partial charge on any atom is -0.429 e. The van der Waals surface area contributed by atoms with Crippen molar-refractivity contribution in [3.05, 3.63) is 60.9 Å². The highest BCUT2D eigenvalue weighted by atomic mass is 19.1. The largest absolute Gasteiger partial charge is 0.429 e. The number of carbonyl (C=O) groups excluding carboxylic acids is 2. The molecule has 2 aliphatic rings. The number of amides is 3. The molecule has 0 atom stereocenters. The van der Waals surface area contributed by atoms with Gasteiger partial charge in [-0.05, 0) is 37.1 Å². The summed E-state index contributed by atoms with van der Waals surface area (Å²) in [6, 6.07) is 6.72. The number of hydrogen-bond acceptors (Lipinski definition) is 7. The Morgan fingerprint density at radius 1 is 1.31 bits per heavy atom. The van der Waals surface area contributed by atoms with Crippen LogP contribution in [0.25, 0.3) is 0 Å². The number of carbonyl (C=O) groups is 2. The van der Waals surface area contributed by atoms with Gasteiger partial charge >= 0.3 is 12.0 Å². The van der Waals surface area contributed by atoms with E-state index in [4.69, 9.17) is 4.42 Å². The normalized spacial score (nSPS) is 15.3. The Kier molecular flexibility index (Phi) is 4.77. The van der Waals surface area contributed by atoms with Crippen molar-refractivity contribution in [2.24, 2.45) is 0 Å². The molecule has 1 aliphatic carbocycles. The van der Waals surface area contributed by atoms with E-state index in [1.54, 1.807) is 35.4 Å². The standard InChI is InChI=1S/C21H18FN7O3/c1-2-17(30)24-13-4-3-5-15(8-13)29-18-12(10-28(21(29)31)14-6-7-14)9-23-19(26-18)27-20-25-16(22)11-32-20/h2-5,8-9,11,14H,1,6-7,10H2,(H,24,30)(H,23,25,26,27). The van der Waals surface area contributed by atoms with Crippen molar-refractivity contribution in [1.29, 1.82) is 0 Å². The fourth-order valence-corrected chi connectivity index (χ4v) is 3.46. The Morgan fingerprint density at radius 3 is 2.88 bits per heavy atom. The predicted octanol–water partition coefficient (Wildman–Crippen LogP) is 3.71. The lowest BCUT2D eigenvalue weighted by atomic mass is 10.1. The maximum Gasteiger partial charge on any atom is 0.330 e. The number of halogens is 1. The van der Waals surface area contributed by atoms with Gasteiger partial charge in [0.15, 0.2) is 5.82 Å². The number of rotatable bonds is 6. The van der Waals surface area contributed by atoms with E-state index in [9.17, 15) is 14.0 Å². The van der Waals surface area contributed by atoms with Crippen molar-refractivity contribution < 1.29 is 18.4 Å². The third-order valence-electron chi connectivity index (χ3n) is 5.07. The first-order valence-electron chi connectivity index (χ1n) is 9.90. The van der Waals surface area contributed by atoms with Crippen molar-refractivity contribution in [2.75, 3.05) is 15.5 Å². The lowest BCUT2D eigenvalue weighted by molar-refractivity contribution is -0.111. The molecule has 1 aromatic carbocycles. The number of nitrogens with one attached hydrogen (secondary N) is 2. The summed E-state index contributed by atoms with van der Waals surface area (Å²) < 4.78 is 18.1. The Bertz CT molecular complexity index is 1220. The topological polar surface area (TPSA) is 116 Å². The Morgan fingerprint density at radius 2 is 2.16 bits per heavy atom. The van der Waals surface area contributed by atoms with E-state index in [-0.39, 0.29) is 29.9 Å². The summed E-state index contributed by atoms with van der Waals surface area (Å²) in [5.41, 5.74) is 1.78. The second-order valence-electron chi connectivity index (χ2n) is 7.36. The zero-order valence-electron chi connectivity index (χ0n) is 16.8. The number of aromatic nitrogens is 3. The van der Waals surface area contributed by atoms with Crippen LogP contribution in [0.15, 0.2) is 53.8 Å². The molecule has 10 nitrogen and oxygen atoms in total. The third-order valence-corrected chi connectivity index (χ3v) is 5.07. The molecule has 1 fully saturated rings. The highest BCUT2D eigenvalue weighted by molar-refractivity contribution is 6.03. The molecule has 3 amide bonds. The van der Waals surface area contributed by atoms with Crippen molar-refractivity contribution in [1.82, 2.24) is 19.9 Å². The number of anilines is 5. The summed E-state index contributed by atoms with van der Waals surface area (Å²) in [4.78, 5) is 40.7. The second-order valence-corrected chi connectivity index (χ2v) is 7.36. The SMILES string of the molecule is C=CC(=O)Nc1cccc(N2C(=O)N(C3CC3)Cc3cnc(Nc4nc(F)co4)nc32)c1. The quantitative estimate of drug-likeness (QED) is 0.567. The summed E-state index contributed by atoms with van der Waals surface area (Å²) >= 11 is 0. The Hall–Kier alpha value is -4.28. The predicted molar refractivity (Wildman–Crippen MR) is 113 cm³/mol. The highest BCUT2D eigenvalue weighted by Crippen LogP contribution is 2.39. The average molecular weight is 435 g/mol. The van der Waals surface area contributed by atoms with Gasteiger partial charge in [0, 0.05) is 23.5 Å². The van der Waals surface area contributed by atoms with Gasteiger partial charge in [-0.1, -0.05) is 12.6 Å². The molecule has 162 valence electrons. The van der Waals surface area contributed by atoms with E-state index in [2.05, 4.69) is 32.2 Å². The smallest absolute Gasteiger partial charge is 0.330 e. The minimum absolute atomic E-state index is 0.0967. The van der Waals surface area contributed by atoms with E-state index in [0.717, 1.165) is 24.7 Å². The maximum absolute atomic E-state index is 13.4. The number of urea groups is 1. The first-order chi connectivity index (χ1) is 15.5. The summed E-state index contributed by atoms with van der Waals surface area (Å²) in [6.07, 6.45) is 5.52. The number of oxazole rings is 1. The zero-order chi connectivity index (χ0) is 22.2. The molecule has 5 rings (SSSR count). The van der Waals surface area contributed by atoms with Gasteiger partial charge in [-0.25, -0.2) is 14.7 Å². The molecule has 0 radical (unpaired) electrons. The number of hydrogen-bond donors (Lipinski definition) is 2. The summed E-state index contributed by atoms with van der Waals surface area (Å²) in [7, 11) is 0. The lowest BCUT2D eigenvalue weighted by Crippen LogP contribution is -2.46. The highest BCUT2D eigenvalue weighted by Gasteiger charge is 2.41. The number of nitrogens with zero attached hydrogens (tertiary/aromatic N) is 5. The monoisotopic (exact) mass is 435 g/mol. The molecule has 11 heteroatoms. The summed E-state index contributed by atoms with van der Waals surface area (Å²) in [5, 5.41) is 5.39. The number of fused-ring (bicyclic) bond motifs is 1. The van der Waals surface area contributed by atoms with E-state index in [0.29, 0.717) is 23.7 Å². The van der Waals surface area contributed by atoms with Crippen LogP contribution in [-0.4, -0.2) is 37.8 Å². The molecule has 0 unspecified atom stereocenters. The van der Waals surface area contributed by atoms with Crippen LogP contribution in [0.4, 0.5) is 38.3 Å². The van der Waals surface area contributed by atoms with Crippen LogP contribution in [0.1, 0.15) is 18.4 Å². The molecule has 32 heavy (non-hydrogen) atoms. The molecule has 0 bridgehead atoms. The summed E-state index contributed by atoms with van der Waals surface area (Å²) in [5.74, 6) is -0.664. The van der Waals surface area contributed by atoms with Crippen molar-refractivity contribution in [3.8, 4) is 0 Å². The van der Waals surface area contributed by atoms with Crippen molar-refractivity contribution >= 4 is 41.1 Å². The molecule has 0 spiro atoms. The fourth-order valence-electron chi connectivity index (χ4n) is 3.46. The second kappa shape index (κ2) is 7.76.